The first-order chi connectivity index (χ1) is 19.2. The van der Waals surface area contributed by atoms with Gasteiger partial charge in [0.2, 0.25) is 11.8 Å². The number of amides is 3. The van der Waals surface area contributed by atoms with Crippen LogP contribution >= 0.6 is 0 Å². The number of carbonyl (C=O) groups excluding carboxylic acids is 3. The molecule has 0 aromatic heterocycles. The highest BCUT2D eigenvalue weighted by molar-refractivity contribution is 7.90. The van der Waals surface area contributed by atoms with Crippen LogP contribution < -0.4 is 10.2 Å². The summed E-state index contributed by atoms with van der Waals surface area (Å²) < 4.78 is 55.0. The third kappa shape index (κ3) is 5.33. The summed E-state index contributed by atoms with van der Waals surface area (Å²) in [6.07, 6.45) is 4.38. The maximum absolute atomic E-state index is 14.4. The van der Waals surface area contributed by atoms with Gasteiger partial charge in [0.05, 0.1) is 5.56 Å². The first-order valence-electron chi connectivity index (χ1n) is 13.0. The Morgan fingerprint density at radius 3 is 2.30 bits per heavy atom. The minimum Gasteiger partial charge on any atom is -0.351 e. The fourth-order valence-corrected chi connectivity index (χ4v) is 6.76. The number of benzene rings is 3. The number of carbonyl (C=O) groups is 3. The number of hydrogen-bond acceptors (Lipinski definition) is 5. The second-order valence-electron chi connectivity index (χ2n) is 9.85. The van der Waals surface area contributed by atoms with Crippen molar-refractivity contribution in [3.63, 3.8) is 0 Å². The van der Waals surface area contributed by atoms with Gasteiger partial charge in [-0.25, -0.2) is 21.5 Å². The molecule has 8 nitrogen and oxygen atoms in total. The van der Waals surface area contributed by atoms with Gasteiger partial charge in [0.25, 0.3) is 15.9 Å². The summed E-state index contributed by atoms with van der Waals surface area (Å²) in [5.41, 5.74) is 0.128. The number of fused-ring (bicyclic) bond motifs is 1. The molecule has 0 saturated heterocycles. The molecule has 1 saturated carbocycles. The normalized spacial score (nSPS) is 17.2. The SMILES string of the molecule is O=C(NC1CCCCC1)C(c1ccc(F)cc1)N(C(=O)CN1C(=O)c2ccccc2S1(=O)=O)c1cccc(F)c1. The predicted molar refractivity (Wildman–Crippen MR) is 143 cm³/mol. The number of halogens is 2. The average Bonchev–Trinajstić information content (AvgIpc) is 3.13. The summed E-state index contributed by atoms with van der Waals surface area (Å²) in [7, 11) is -4.34. The molecule has 40 heavy (non-hydrogen) atoms. The van der Waals surface area contributed by atoms with Crippen LogP contribution in [0.1, 0.15) is 54.1 Å². The maximum Gasteiger partial charge on any atom is 0.269 e. The van der Waals surface area contributed by atoms with Crippen molar-refractivity contribution in [3.8, 4) is 0 Å². The van der Waals surface area contributed by atoms with E-state index in [-0.39, 0.29) is 27.8 Å². The van der Waals surface area contributed by atoms with Crippen molar-refractivity contribution in [2.75, 3.05) is 11.4 Å². The molecule has 5 rings (SSSR count). The largest absolute Gasteiger partial charge is 0.351 e. The minimum absolute atomic E-state index is 0.0281. The first-order valence-corrected chi connectivity index (χ1v) is 14.4. The smallest absolute Gasteiger partial charge is 0.269 e. The highest BCUT2D eigenvalue weighted by Crippen LogP contribution is 2.33. The zero-order valence-electron chi connectivity index (χ0n) is 21.4. The van der Waals surface area contributed by atoms with Gasteiger partial charge >= 0.3 is 0 Å². The van der Waals surface area contributed by atoms with Crippen LogP contribution in [0.25, 0.3) is 0 Å². The van der Waals surface area contributed by atoms with E-state index in [4.69, 9.17) is 0 Å². The summed E-state index contributed by atoms with van der Waals surface area (Å²) in [6, 6.07) is 13.9. The molecule has 0 radical (unpaired) electrons. The molecule has 1 N–H and O–H groups in total. The molecule has 1 unspecified atom stereocenters. The van der Waals surface area contributed by atoms with Gasteiger partial charge in [-0.2, -0.15) is 0 Å². The van der Waals surface area contributed by atoms with Gasteiger partial charge in [-0.1, -0.05) is 49.6 Å². The summed E-state index contributed by atoms with van der Waals surface area (Å²) in [6.45, 7) is -0.930. The highest BCUT2D eigenvalue weighted by atomic mass is 32.2. The quantitative estimate of drug-likeness (QED) is 0.458. The molecule has 0 bridgehead atoms. The van der Waals surface area contributed by atoms with E-state index in [0.29, 0.717) is 4.31 Å². The first kappa shape index (κ1) is 27.4. The van der Waals surface area contributed by atoms with E-state index in [0.717, 1.165) is 61.3 Å². The Kier molecular flexibility index (Phi) is 7.66. The second kappa shape index (κ2) is 11.2. The Hall–Kier alpha value is -4.12. The van der Waals surface area contributed by atoms with Crippen molar-refractivity contribution >= 4 is 33.4 Å². The maximum atomic E-state index is 14.4. The fourth-order valence-electron chi connectivity index (χ4n) is 5.24. The summed E-state index contributed by atoms with van der Waals surface area (Å²) in [5.74, 6) is -3.67. The van der Waals surface area contributed by atoms with E-state index in [9.17, 15) is 31.6 Å². The van der Waals surface area contributed by atoms with Gasteiger partial charge in [0.15, 0.2) is 0 Å². The van der Waals surface area contributed by atoms with Gasteiger partial charge in [-0.15, -0.1) is 0 Å². The van der Waals surface area contributed by atoms with Gasteiger partial charge in [0.1, 0.15) is 29.1 Å². The molecule has 208 valence electrons. The van der Waals surface area contributed by atoms with E-state index in [1.54, 1.807) is 0 Å². The van der Waals surface area contributed by atoms with Gasteiger partial charge in [0, 0.05) is 11.7 Å². The Bertz CT molecular complexity index is 1560. The summed E-state index contributed by atoms with van der Waals surface area (Å²) >= 11 is 0. The summed E-state index contributed by atoms with van der Waals surface area (Å²) in [4.78, 5) is 41.6. The third-order valence-corrected chi connectivity index (χ3v) is 8.98. The van der Waals surface area contributed by atoms with Crippen molar-refractivity contribution in [3.05, 3.63) is 95.6 Å². The summed E-state index contributed by atoms with van der Waals surface area (Å²) in [5, 5.41) is 2.97. The Balaban J connectivity index is 1.56. The van der Waals surface area contributed by atoms with Crippen LogP contribution in [0.5, 0.6) is 0 Å². The standard InChI is InChI=1S/C29H27F2N3O5S/c30-20-15-13-19(14-16-20)27(28(36)32-22-8-2-1-3-9-22)34(23-10-6-7-21(31)17-23)26(35)18-33-29(37)24-11-4-5-12-25(24)40(33,38)39/h4-7,10-17,22,27H,1-3,8-9,18H2,(H,32,36). The van der Waals surface area contributed by atoms with Gasteiger partial charge in [-0.05, 0) is 60.9 Å². The van der Waals surface area contributed by atoms with E-state index in [1.807, 2.05) is 0 Å². The van der Waals surface area contributed by atoms with Crippen molar-refractivity contribution in [2.45, 2.75) is 49.1 Å². The lowest BCUT2D eigenvalue weighted by atomic mass is 9.94. The molecule has 2 aliphatic rings. The molecular formula is C29H27F2N3O5S. The lowest BCUT2D eigenvalue weighted by Gasteiger charge is -2.34. The number of hydrogen-bond donors (Lipinski definition) is 1. The lowest BCUT2D eigenvalue weighted by molar-refractivity contribution is -0.127. The van der Waals surface area contributed by atoms with Crippen LogP contribution in [0.4, 0.5) is 14.5 Å². The second-order valence-corrected chi connectivity index (χ2v) is 11.7. The van der Waals surface area contributed by atoms with Crippen LogP contribution in [-0.2, 0) is 19.6 Å². The Morgan fingerprint density at radius 1 is 0.925 bits per heavy atom. The molecule has 3 amide bonds. The monoisotopic (exact) mass is 567 g/mol. The fraction of sp³-hybridized carbons (Fsp3) is 0.276. The van der Waals surface area contributed by atoms with Gasteiger partial charge in [-0.3, -0.25) is 19.3 Å². The van der Waals surface area contributed by atoms with Crippen LogP contribution in [0, 0.1) is 11.6 Å². The highest BCUT2D eigenvalue weighted by Gasteiger charge is 2.44. The van der Waals surface area contributed by atoms with E-state index < -0.39 is 52.0 Å². The zero-order valence-corrected chi connectivity index (χ0v) is 22.2. The number of anilines is 1. The van der Waals surface area contributed by atoms with Crippen molar-refractivity contribution in [2.24, 2.45) is 0 Å². The lowest BCUT2D eigenvalue weighted by Crippen LogP contribution is -2.50. The topological polar surface area (TPSA) is 104 Å². The molecule has 11 heteroatoms. The molecule has 1 heterocycles. The van der Waals surface area contributed by atoms with Crippen molar-refractivity contribution in [1.29, 1.82) is 0 Å². The minimum atomic E-state index is -4.34. The number of nitrogens with zero attached hydrogens (tertiary/aromatic N) is 2. The number of rotatable bonds is 7. The van der Waals surface area contributed by atoms with E-state index in [1.165, 1.54) is 48.5 Å². The predicted octanol–water partition coefficient (Wildman–Crippen LogP) is 4.33. The molecule has 0 spiro atoms. The molecule has 3 aromatic carbocycles. The van der Waals surface area contributed by atoms with Crippen LogP contribution in [0.3, 0.4) is 0 Å². The molecule has 1 atom stereocenters. The number of sulfonamides is 1. The van der Waals surface area contributed by atoms with Crippen molar-refractivity contribution < 1.29 is 31.6 Å². The molecule has 1 aliphatic carbocycles. The van der Waals surface area contributed by atoms with Crippen molar-refractivity contribution in [1.82, 2.24) is 9.62 Å². The molecular weight excluding hydrogens is 540 g/mol. The van der Waals surface area contributed by atoms with E-state index in [2.05, 4.69) is 5.32 Å². The van der Waals surface area contributed by atoms with Crippen LogP contribution in [0.15, 0.2) is 77.7 Å². The zero-order chi connectivity index (χ0) is 28.4. The molecule has 1 fully saturated rings. The van der Waals surface area contributed by atoms with Gasteiger partial charge < -0.3 is 5.32 Å². The van der Waals surface area contributed by atoms with Crippen LogP contribution in [-0.4, -0.2) is 43.0 Å². The third-order valence-electron chi connectivity index (χ3n) is 7.19. The molecule has 1 aliphatic heterocycles. The number of nitrogens with one attached hydrogen (secondary N) is 1. The Labute approximate surface area is 230 Å². The van der Waals surface area contributed by atoms with Crippen LogP contribution in [0.2, 0.25) is 0 Å². The molecule has 3 aromatic rings. The van der Waals surface area contributed by atoms with E-state index >= 15 is 0 Å². The Morgan fingerprint density at radius 2 is 1.62 bits per heavy atom. The average molecular weight is 568 g/mol.